The zero-order valence-corrected chi connectivity index (χ0v) is 17.4. The summed E-state index contributed by atoms with van der Waals surface area (Å²) in [7, 11) is 0. The lowest BCUT2D eigenvalue weighted by atomic mass is 9.96. The van der Waals surface area contributed by atoms with Crippen LogP contribution >= 0.6 is 11.8 Å². The zero-order chi connectivity index (χ0) is 21.3. The van der Waals surface area contributed by atoms with Crippen LogP contribution < -0.4 is 10.6 Å². The molecule has 0 saturated heterocycles. The number of benzene rings is 2. The number of carbonyl (C=O) groups excluding carboxylic acids is 3. The van der Waals surface area contributed by atoms with Gasteiger partial charge in [-0.3, -0.25) is 9.69 Å². The van der Waals surface area contributed by atoms with E-state index in [2.05, 4.69) is 10.6 Å². The number of ether oxygens (including phenoxy) is 1. The molecular formula is C22H21N3O4S. The van der Waals surface area contributed by atoms with Gasteiger partial charge in [0.25, 0.3) is 0 Å². The van der Waals surface area contributed by atoms with Crippen LogP contribution in [0.25, 0.3) is 0 Å². The van der Waals surface area contributed by atoms with Crippen LogP contribution in [0.5, 0.6) is 0 Å². The maximum atomic E-state index is 12.8. The molecule has 0 spiro atoms. The molecule has 1 unspecified atom stereocenters. The predicted octanol–water partition coefficient (Wildman–Crippen LogP) is 3.23. The molecule has 0 fully saturated rings. The van der Waals surface area contributed by atoms with Crippen molar-refractivity contribution in [3.8, 4) is 0 Å². The molecule has 7 nitrogen and oxygen atoms in total. The summed E-state index contributed by atoms with van der Waals surface area (Å²) in [5.74, 6) is -0.832. The smallest absolute Gasteiger partial charge is 0.338 e. The maximum absolute atomic E-state index is 12.8. The number of hydrogen-bond acceptors (Lipinski definition) is 5. The Morgan fingerprint density at radius 1 is 1.20 bits per heavy atom. The lowest BCUT2D eigenvalue weighted by Crippen LogP contribution is -2.49. The summed E-state index contributed by atoms with van der Waals surface area (Å²) >= 11 is 1.61. The minimum Gasteiger partial charge on any atom is -0.456 e. The van der Waals surface area contributed by atoms with E-state index in [1.807, 2.05) is 55.6 Å². The van der Waals surface area contributed by atoms with Crippen molar-refractivity contribution in [2.24, 2.45) is 0 Å². The highest BCUT2D eigenvalue weighted by atomic mass is 32.2. The summed E-state index contributed by atoms with van der Waals surface area (Å²) in [6, 6.07) is 14.0. The molecule has 2 aromatic carbocycles. The number of esters is 1. The first kappa shape index (κ1) is 20.0. The van der Waals surface area contributed by atoms with E-state index in [1.54, 1.807) is 17.8 Å². The van der Waals surface area contributed by atoms with Crippen molar-refractivity contribution in [3.63, 3.8) is 0 Å². The van der Waals surface area contributed by atoms with Crippen molar-refractivity contribution in [2.45, 2.75) is 17.9 Å². The first-order valence-electron chi connectivity index (χ1n) is 9.45. The minimum atomic E-state index is -0.603. The van der Waals surface area contributed by atoms with E-state index in [1.165, 1.54) is 4.90 Å². The highest BCUT2D eigenvalue weighted by molar-refractivity contribution is 7.98. The van der Waals surface area contributed by atoms with E-state index in [-0.39, 0.29) is 19.1 Å². The van der Waals surface area contributed by atoms with Gasteiger partial charge in [0.15, 0.2) is 0 Å². The molecule has 2 aromatic rings. The molecule has 2 aliphatic rings. The Bertz CT molecular complexity index is 1050. The summed E-state index contributed by atoms with van der Waals surface area (Å²) in [6.07, 6.45) is 1.98. The second kappa shape index (κ2) is 8.23. The average molecular weight is 423 g/mol. The van der Waals surface area contributed by atoms with Crippen LogP contribution in [0.3, 0.4) is 0 Å². The molecule has 2 heterocycles. The third-order valence-corrected chi connectivity index (χ3v) is 5.91. The van der Waals surface area contributed by atoms with E-state index in [4.69, 9.17) is 4.74 Å². The summed E-state index contributed by atoms with van der Waals surface area (Å²) in [5.41, 5.74) is 3.19. The molecular weight excluding hydrogens is 402 g/mol. The van der Waals surface area contributed by atoms with Crippen LogP contribution in [-0.2, 0) is 14.3 Å². The molecule has 4 rings (SSSR count). The van der Waals surface area contributed by atoms with Gasteiger partial charge >= 0.3 is 12.0 Å². The summed E-state index contributed by atoms with van der Waals surface area (Å²) in [4.78, 5) is 40.2. The first-order chi connectivity index (χ1) is 14.5. The van der Waals surface area contributed by atoms with Crippen LogP contribution in [0.15, 0.2) is 64.7 Å². The van der Waals surface area contributed by atoms with Gasteiger partial charge in [-0.15, -0.1) is 11.8 Å². The van der Waals surface area contributed by atoms with Crippen LogP contribution in [0.1, 0.15) is 17.2 Å². The number of carbonyl (C=O) groups is 3. The number of nitrogens with zero attached hydrogens (tertiary/aromatic N) is 1. The quantitative estimate of drug-likeness (QED) is 0.570. The third-order valence-electron chi connectivity index (χ3n) is 5.17. The lowest BCUT2D eigenvalue weighted by molar-refractivity contribution is -0.136. The topological polar surface area (TPSA) is 87.7 Å². The number of cyclic esters (lactones) is 1. The number of nitrogens with one attached hydrogen (secondary N) is 2. The van der Waals surface area contributed by atoms with E-state index in [0.717, 1.165) is 16.0 Å². The van der Waals surface area contributed by atoms with Gasteiger partial charge in [-0.05, 0) is 42.5 Å². The normalized spacial score (nSPS) is 18.1. The lowest BCUT2D eigenvalue weighted by Gasteiger charge is -2.32. The molecule has 2 N–H and O–H groups in total. The van der Waals surface area contributed by atoms with Gasteiger partial charge in [-0.25, -0.2) is 9.59 Å². The molecule has 0 aliphatic carbocycles. The molecule has 3 amide bonds. The number of para-hydroxylation sites is 1. The molecule has 0 saturated carbocycles. The van der Waals surface area contributed by atoms with Crippen molar-refractivity contribution >= 4 is 35.4 Å². The minimum absolute atomic E-state index is 0.0291. The van der Waals surface area contributed by atoms with E-state index in [9.17, 15) is 14.4 Å². The largest absolute Gasteiger partial charge is 0.456 e. The number of aryl methyl sites for hydroxylation is 1. The van der Waals surface area contributed by atoms with Crippen molar-refractivity contribution in [1.29, 1.82) is 0 Å². The number of anilines is 1. The van der Waals surface area contributed by atoms with Crippen molar-refractivity contribution in [3.05, 3.63) is 70.9 Å². The second-order valence-corrected chi connectivity index (χ2v) is 7.92. The van der Waals surface area contributed by atoms with E-state index in [0.29, 0.717) is 17.0 Å². The van der Waals surface area contributed by atoms with Crippen LogP contribution in [0.2, 0.25) is 0 Å². The third kappa shape index (κ3) is 3.78. The summed E-state index contributed by atoms with van der Waals surface area (Å²) in [6.45, 7) is 1.65. The maximum Gasteiger partial charge on any atom is 0.338 e. The Labute approximate surface area is 178 Å². The van der Waals surface area contributed by atoms with E-state index >= 15 is 0 Å². The molecule has 0 bridgehead atoms. The number of hydrogen-bond donors (Lipinski definition) is 2. The standard InChI is InChI=1S/C22H21N3O4S/c1-13-5-3-4-6-16(13)23-18(26)11-25-17-12-29-21(27)19(17)20(24-22(25)28)14-7-9-15(30-2)10-8-14/h3-10,20H,11-12H2,1-2H3,(H,23,26)(H,24,28). The van der Waals surface area contributed by atoms with Gasteiger partial charge in [-0.1, -0.05) is 30.3 Å². The van der Waals surface area contributed by atoms with Gasteiger partial charge in [0.2, 0.25) is 5.91 Å². The number of amides is 3. The fraction of sp³-hybridized carbons (Fsp3) is 0.227. The predicted molar refractivity (Wildman–Crippen MR) is 114 cm³/mol. The Morgan fingerprint density at radius 3 is 2.63 bits per heavy atom. The number of urea groups is 1. The van der Waals surface area contributed by atoms with Crippen molar-refractivity contribution < 1.29 is 19.1 Å². The fourth-order valence-corrected chi connectivity index (χ4v) is 3.98. The Morgan fingerprint density at radius 2 is 1.93 bits per heavy atom. The van der Waals surface area contributed by atoms with Crippen molar-refractivity contribution in [2.75, 3.05) is 24.7 Å². The van der Waals surface area contributed by atoms with Gasteiger partial charge in [0, 0.05) is 10.6 Å². The molecule has 30 heavy (non-hydrogen) atoms. The number of thioether (sulfide) groups is 1. The fourth-order valence-electron chi connectivity index (χ4n) is 3.57. The molecule has 154 valence electrons. The molecule has 8 heteroatoms. The SMILES string of the molecule is CSc1ccc(C2NC(=O)N(CC(=O)Nc3ccccc3C)C3=C2C(=O)OC3)cc1. The summed E-state index contributed by atoms with van der Waals surface area (Å²) in [5, 5.41) is 5.66. The zero-order valence-electron chi connectivity index (χ0n) is 16.6. The van der Waals surface area contributed by atoms with Crippen molar-refractivity contribution in [1.82, 2.24) is 10.2 Å². The molecule has 0 radical (unpaired) electrons. The second-order valence-electron chi connectivity index (χ2n) is 7.04. The average Bonchev–Trinajstić information content (AvgIpc) is 3.13. The Kier molecular flexibility index (Phi) is 5.50. The van der Waals surface area contributed by atoms with Gasteiger partial charge in [0.05, 0.1) is 17.3 Å². The first-order valence-corrected chi connectivity index (χ1v) is 10.7. The van der Waals surface area contributed by atoms with E-state index < -0.39 is 18.0 Å². The Hall–Kier alpha value is -3.26. The van der Waals surface area contributed by atoms with Crippen LogP contribution in [-0.4, -0.2) is 42.2 Å². The summed E-state index contributed by atoms with van der Waals surface area (Å²) < 4.78 is 5.21. The van der Waals surface area contributed by atoms with Gasteiger partial charge in [-0.2, -0.15) is 0 Å². The number of rotatable bonds is 5. The monoisotopic (exact) mass is 423 g/mol. The highest BCUT2D eigenvalue weighted by Crippen LogP contribution is 2.35. The Balaban J connectivity index is 1.59. The van der Waals surface area contributed by atoms with Crippen LogP contribution in [0.4, 0.5) is 10.5 Å². The molecule has 0 aromatic heterocycles. The highest BCUT2D eigenvalue weighted by Gasteiger charge is 2.42. The molecule has 1 atom stereocenters. The van der Waals surface area contributed by atoms with Gasteiger partial charge < -0.3 is 15.4 Å². The van der Waals surface area contributed by atoms with Crippen LogP contribution in [0, 0.1) is 6.92 Å². The molecule has 2 aliphatic heterocycles. The van der Waals surface area contributed by atoms with Gasteiger partial charge in [0.1, 0.15) is 13.2 Å².